The summed E-state index contributed by atoms with van der Waals surface area (Å²) in [6.07, 6.45) is 9.13. The average molecular weight is 344 g/mol. The Morgan fingerprint density at radius 2 is 1.68 bits per heavy atom. The lowest BCUT2D eigenvalue weighted by Gasteiger charge is -2.19. The number of rotatable bonds is 6. The minimum Gasteiger partial charge on any atom is -0.207 e. The van der Waals surface area contributed by atoms with E-state index in [0.717, 1.165) is 19.3 Å². The molecule has 25 heavy (non-hydrogen) atoms. The van der Waals surface area contributed by atoms with E-state index in [-0.39, 0.29) is 5.56 Å². The Kier molecular flexibility index (Phi) is 5.62. The maximum absolute atomic E-state index is 14.9. The van der Waals surface area contributed by atoms with Gasteiger partial charge in [-0.1, -0.05) is 50.0 Å². The van der Waals surface area contributed by atoms with E-state index in [9.17, 15) is 13.2 Å². The Balaban J connectivity index is 1.88. The maximum atomic E-state index is 14.9. The van der Waals surface area contributed by atoms with Gasteiger partial charge in [-0.3, -0.25) is 0 Å². The number of fused-ring (bicyclic) bond motifs is 1. The average Bonchev–Trinajstić information content (AvgIpc) is 2.60. The third kappa shape index (κ3) is 3.97. The van der Waals surface area contributed by atoms with Gasteiger partial charge in [0.2, 0.25) is 0 Å². The third-order valence-corrected chi connectivity index (χ3v) is 4.89. The zero-order chi connectivity index (χ0) is 17.8. The normalized spacial score (nSPS) is 13.5. The van der Waals surface area contributed by atoms with E-state index in [4.69, 9.17) is 0 Å². The van der Waals surface area contributed by atoms with Crippen molar-refractivity contribution in [3.05, 3.63) is 64.5 Å². The predicted molar refractivity (Wildman–Crippen MR) is 96.8 cm³/mol. The Hall–Kier alpha value is -2.03. The molecule has 0 nitrogen and oxygen atoms in total. The first-order chi connectivity index (χ1) is 12.1. The van der Waals surface area contributed by atoms with Crippen LogP contribution < -0.4 is 0 Å². The molecule has 2 aromatic carbocycles. The van der Waals surface area contributed by atoms with Gasteiger partial charge in [0.1, 0.15) is 17.5 Å². The molecule has 0 aromatic heterocycles. The highest BCUT2D eigenvalue weighted by molar-refractivity contribution is 5.71. The quantitative estimate of drug-likeness (QED) is 0.492. The summed E-state index contributed by atoms with van der Waals surface area (Å²) in [6, 6.07) is 6.70. The molecule has 1 aliphatic rings. The van der Waals surface area contributed by atoms with E-state index < -0.39 is 17.5 Å². The van der Waals surface area contributed by atoms with Crippen molar-refractivity contribution in [3.63, 3.8) is 0 Å². The molecule has 3 rings (SSSR count). The maximum Gasteiger partial charge on any atom is 0.137 e. The molecule has 0 saturated carbocycles. The zero-order valence-electron chi connectivity index (χ0n) is 14.5. The van der Waals surface area contributed by atoms with Crippen molar-refractivity contribution in [2.24, 2.45) is 0 Å². The van der Waals surface area contributed by atoms with Gasteiger partial charge in [-0.25, -0.2) is 13.2 Å². The number of allylic oxidation sites excluding steroid dienone is 1. The van der Waals surface area contributed by atoms with Crippen LogP contribution in [0.15, 0.2) is 35.9 Å². The monoisotopic (exact) mass is 344 g/mol. The van der Waals surface area contributed by atoms with Crippen LogP contribution in [0, 0.1) is 17.5 Å². The lowest BCUT2D eigenvalue weighted by atomic mass is 9.87. The lowest BCUT2D eigenvalue weighted by Crippen LogP contribution is -2.06. The van der Waals surface area contributed by atoms with E-state index >= 15 is 0 Å². The highest BCUT2D eigenvalue weighted by Crippen LogP contribution is 2.35. The van der Waals surface area contributed by atoms with Crippen molar-refractivity contribution in [2.45, 2.75) is 51.9 Å². The highest BCUT2D eigenvalue weighted by atomic mass is 19.1. The van der Waals surface area contributed by atoms with Crippen LogP contribution in [0.25, 0.3) is 17.2 Å². The third-order valence-electron chi connectivity index (χ3n) is 4.89. The van der Waals surface area contributed by atoms with E-state index in [2.05, 4.69) is 6.92 Å². The molecule has 0 bridgehead atoms. The number of unbranched alkanes of at least 4 members (excludes halogenated alkanes) is 3. The molecule has 3 heteroatoms. The highest BCUT2D eigenvalue weighted by Gasteiger charge is 2.21. The summed E-state index contributed by atoms with van der Waals surface area (Å²) >= 11 is 0. The molecule has 0 atom stereocenters. The zero-order valence-corrected chi connectivity index (χ0v) is 14.5. The van der Waals surface area contributed by atoms with Crippen LogP contribution in [0.5, 0.6) is 0 Å². The lowest BCUT2D eigenvalue weighted by molar-refractivity contribution is 0.573. The predicted octanol–water partition coefficient (Wildman–Crippen LogP) is 7.07. The fourth-order valence-electron chi connectivity index (χ4n) is 3.50. The molecule has 0 saturated heterocycles. The second kappa shape index (κ2) is 7.90. The van der Waals surface area contributed by atoms with Crippen LogP contribution in [0.2, 0.25) is 0 Å². The van der Waals surface area contributed by atoms with Gasteiger partial charge in [-0.15, -0.1) is 0 Å². The fourth-order valence-corrected chi connectivity index (χ4v) is 3.50. The molecule has 0 radical (unpaired) electrons. The van der Waals surface area contributed by atoms with E-state index in [1.54, 1.807) is 0 Å². The molecule has 0 aliphatic heterocycles. The van der Waals surface area contributed by atoms with Crippen LogP contribution in [-0.2, 0) is 6.42 Å². The van der Waals surface area contributed by atoms with E-state index in [0.29, 0.717) is 23.1 Å². The minimum absolute atomic E-state index is 0.0569. The van der Waals surface area contributed by atoms with Crippen LogP contribution in [0.4, 0.5) is 13.2 Å². The largest absolute Gasteiger partial charge is 0.207 e. The van der Waals surface area contributed by atoms with Gasteiger partial charge < -0.3 is 0 Å². The Bertz CT molecular complexity index is 773. The van der Waals surface area contributed by atoms with Crippen LogP contribution in [0.3, 0.4) is 0 Å². The molecule has 0 N–H and O–H groups in total. The standard InChI is InChI=1S/C22H23F3/c1-2-3-4-5-6-15-7-12-19-17(13-15)14-20(24)21(22(19)25)16-8-10-18(23)11-9-16/h8-11,13-14H,2-7,12H2,1H3. The molecule has 1 aliphatic carbocycles. The summed E-state index contributed by atoms with van der Waals surface area (Å²) < 4.78 is 42.5. The summed E-state index contributed by atoms with van der Waals surface area (Å²) in [5.41, 5.74) is 2.81. The number of benzene rings is 2. The van der Waals surface area contributed by atoms with Crippen molar-refractivity contribution >= 4 is 6.08 Å². The van der Waals surface area contributed by atoms with Gasteiger partial charge in [0.25, 0.3) is 0 Å². The topological polar surface area (TPSA) is 0 Å². The number of halogens is 3. The summed E-state index contributed by atoms with van der Waals surface area (Å²) in [5, 5.41) is 0. The van der Waals surface area contributed by atoms with Gasteiger partial charge >= 0.3 is 0 Å². The summed E-state index contributed by atoms with van der Waals surface area (Å²) in [4.78, 5) is 0. The molecule has 0 unspecified atom stereocenters. The molecular formula is C22H23F3. The second-order valence-corrected chi connectivity index (χ2v) is 6.74. The van der Waals surface area contributed by atoms with Crippen LogP contribution in [0.1, 0.15) is 56.6 Å². The Morgan fingerprint density at radius 3 is 2.40 bits per heavy atom. The second-order valence-electron chi connectivity index (χ2n) is 6.74. The smallest absolute Gasteiger partial charge is 0.137 e. The van der Waals surface area contributed by atoms with Crippen molar-refractivity contribution in [1.82, 2.24) is 0 Å². The Labute approximate surface area is 147 Å². The van der Waals surface area contributed by atoms with Gasteiger partial charge in [-0.2, -0.15) is 0 Å². The molecule has 2 aromatic rings. The van der Waals surface area contributed by atoms with E-state index in [1.807, 2.05) is 6.08 Å². The molecule has 132 valence electrons. The summed E-state index contributed by atoms with van der Waals surface area (Å²) in [7, 11) is 0. The molecule has 0 fully saturated rings. The van der Waals surface area contributed by atoms with Gasteiger partial charge in [0.05, 0.1) is 5.56 Å². The molecule has 0 spiro atoms. The first-order valence-corrected chi connectivity index (χ1v) is 9.06. The summed E-state index contributed by atoms with van der Waals surface area (Å²) in [6.45, 7) is 2.18. The van der Waals surface area contributed by atoms with E-state index in [1.165, 1.54) is 55.2 Å². The van der Waals surface area contributed by atoms with Crippen LogP contribution >= 0.6 is 0 Å². The SMILES string of the molecule is CCCCCCC1=Cc2cc(F)c(-c3ccc(F)cc3)c(F)c2CC1. The molecule has 0 amide bonds. The number of hydrogen-bond acceptors (Lipinski definition) is 0. The first-order valence-electron chi connectivity index (χ1n) is 9.06. The van der Waals surface area contributed by atoms with Crippen LogP contribution in [-0.4, -0.2) is 0 Å². The fraction of sp³-hybridized carbons (Fsp3) is 0.364. The minimum atomic E-state index is -0.591. The van der Waals surface area contributed by atoms with Crippen molar-refractivity contribution in [1.29, 1.82) is 0 Å². The van der Waals surface area contributed by atoms with Crippen molar-refractivity contribution in [2.75, 3.05) is 0 Å². The molecule has 0 heterocycles. The number of hydrogen-bond donors (Lipinski definition) is 0. The van der Waals surface area contributed by atoms with Crippen molar-refractivity contribution < 1.29 is 13.2 Å². The van der Waals surface area contributed by atoms with Gasteiger partial charge in [0, 0.05) is 0 Å². The van der Waals surface area contributed by atoms with Gasteiger partial charge in [-0.05, 0) is 60.6 Å². The summed E-state index contributed by atoms with van der Waals surface area (Å²) in [5.74, 6) is -1.52. The van der Waals surface area contributed by atoms with Crippen molar-refractivity contribution in [3.8, 4) is 11.1 Å². The van der Waals surface area contributed by atoms with Gasteiger partial charge in [0.15, 0.2) is 0 Å². The molecular weight excluding hydrogens is 321 g/mol. The first kappa shape index (κ1) is 17.8. The Morgan fingerprint density at radius 1 is 0.920 bits per heavy atom.